The van der Waals surface area contributed by atoms with Gasteiger partial charge in [-0.25, -0.2) is 0 Å². The predicted molar refractivity (Wildman–Crippen MR) is 140 cm³/mol. The fourth-order valence-electron chi connectivity index (χ4n) is 5.17. The summed E-state index contributed by atoms with van der Waals surface area (Å²) in [5, 5.41) is 28.7. The number of hydrogen-bond acceptors (Lipinski definition) is 5. The number of likely N-dealkylation sites (tertiary alicyclic amines) is 1. The van der Waals surface area contributed by atoms with Crippen molar-refractivity contribution in [2.75, 3.05) is 32.7 Å². The molecule has 0 spiro atoms. The summed E-state index contributed by atoms with van der Waals surface area (Å²) in [5.74, 6) is 0.286. The SMILES string of the molecule is CCCN(CCCCCCCN1CCCC1Cc1ccc(O)c(O)c1)CCc1ccc(O)cc1. The van der Waals surface area contributed by atoms with Crippen LogP contribution in [0.1, 0.15) is 69.4 Å². The standard InChI is InChI=1S/C29H44N2O3/c1-2-17-30(21-16-24-10-13-27(32)14-11-24)18-6-4-3-5-7-19-31-20-8-9-26(31)22-25-12-15-28(33)29(34)23-25/h10-15,23,26,32-34H,2-9,16-22H2,1H3. The van der Waals surface area contributed by atoms with Crippen LogP contribution in [0.2, 0.25) is 0 Å². The van der Waals surface area contributed by atoms with E-state index in [4.69, 9.17) is 0 Å². The third kappa shape index (κ3) is 8.84. The number of aromatic hydroxyl groups is 3. The molecule has 3 N–H and O–H groups in total. The molecule has 188 valence electrons. The minimum absolute atomic E-state index is 0.0140. The molecule has 1 aliphatic rings. The molecule has 0 bridgehead atoms. The number of hydrogen-bond donors (Lipinski definition) is 3. The van der Waals surface area contributed by atoms with Crippen LogP contribution in [0.4, 0.5) is 0 Å². The summed E-state index contributed by atoms with van der Waals surface area (Å²) in [4.78, 5) is 5.21. The topological polar surface area (TPSA) is 67.2 Å². The van der Waals surface area contributed by atoms with Crippen molar-refractivity contribution in [3.8, 4) is 17.2 Å². The summed E-state index contributed by atoms with van der Waals surface area (Å²) < 4.78 is 0. The highest BCUT2D eigenvalue weighted by atomic mass is 16.3. The number of nitrogens with zero attached hydrogens (tertiary/aromatic N) is 2. The van der Waals surface area contributed by atoms with Gasteiger partial charge < -0.3 is 25.1 Å². The van der Waals surface area contributed by atoms with Gasteiger partial charge in [-0.3, -0.25) is 0 Å². The van der Waals surface area contributed by atoms with Crippen LogP contribution in [-0.2, 0) is 12.8 Å². The van der Waals surface area contributed by atoms with Gasteiger partial charge in [-0.2, -0.15) is 0 Å². The first-order chi connectivity index (χ1) is 16.5. The van der Waals surface area contributed by atoms with Gasteiger partial charge in [0.05, 0.1) is 0 Å². The highest BCUT2D eigenvalue weighted by Gasteiger charge is 2.24. The second kappa shape index (κ2) is 14.2. The van der Waals surface area contributed by atoms with Gasteiger partial charge >= 0.3 is 0 Å². The summed E-state index contributed by atoms with van der Waals surface area (Å²) in [6.07, 6.45) is 12.1. The Hall–Kier alpha value is -2.24. The summed E-state index contributed by atoms with van der Waals surface area (Å²) in [7, 11) is 0. The average Bonchev–Trinajstić information content (AvgIpc) is 3.27. The zero-order valence-electron chi connectivity index (χ0n) is 21.0. The Labute approximate surface area is 206 Å². The molecule has 0 aromatic heterocycles. The van der Waals surface area contributed by atoms with Crippen LogP contribution in [0.15, 0.2) is 42.5 Å². The number of phenolic OH excluding ortho intramolecular Hbond substituents is 3. The third-order valence-electron chi connectivity index (χ3n) is 7.12. The van der Waals surface area contributed by atoms with E-state index >= 15 is 0 Å². The van der Waals surface area contributed by atoms with Crippen molar-refractivity contribution in [3.05, 3.63) is 53.6 Å². The van der Waals surface area contributed by atoms with Gasteiger partial charge in [0.15, 0.2) is 11.5 Å². The lowest BCUT2D eigenvalue weighted by Crippen LogP contribution is -2.32. The predicted octanol–water partition coefficient (Wildman–Crippen LogP) is 5.72. The minimum Gasteiger partial charge on any atom is -0.508 e. The molecule has 1 aliphatic heterocycles. The quantitative estimate of drug-likeness (QED) is 0.231. The van der Waals surface area contributed by atoms with Crippen molar-refractivity contribution >= 4 is 0 Å². The zero-order chi connectivity index (χ0) is 24.2. The molecule has 0 radical (unpaired) electrons. The lowest BCUT2D eigenvalue weighted by Gasteiger charge is -2.24. The molecule has 0 saturated carbocycles. The Bertz CT molecular complexity index is 840. The van der Waals surface area contributed by atoms with Crippen LogP contribution in [0.5, 0.6) is 17.2 Å². The highest BCUT2D eigenvalue weighted by molar-refractivity contribution is 5.40. The second-order valence-corrected chi connectivity index (χ2v) is 9.89. The van der Waals surface area contributed by atoms with E-state index < -0.39 is 0 Å². The molecule has 0 amide bonds. The second-order valence-electron chi connectivity index (χ2n) is 9.89. The van der Waals surface area contributed by atoms with Crippen LogP contribution in [0.3, 0.4) is 0 Å². The van der Waals surface area contributed by atoms with Gasteiger partial charge in [-0.1, -0.05) is 44.4 Å². The summed E-state index contributed by atoms with van der Waals surface area (Å²) in [5.41, 5.74) is 2.40. The van der Waals surface area contributed by atoms with Crippen molar-refractivity contribution in [2.45, 2.75) is 77.2 Å². The van der Waals surface area contributed by atoms with E-state index in [0.29, 0.717) is 11.8 Å². The molecule has 3 rings (SSSR count). The number of rotatable bonds is 15. The highest BCUT2D eigenvalue weighted by Crippen LogP contribution is 2.28. The van der Waals surface area contributed by atoms with Gasteiger partial charge in [-0.15, -0.1) is 0 Å². The van der Waals surface area contributed by atoms with Crippen molar-refractivity contribution in [3.63, 3.8) is 0 Å². The van der Waals surface area contributed by atoms with Crippen LogP contribution < -0.4 is 0 Å². The Kier molecular flexibility index (Phi) is 11.0. The first kappa shape index (κ1) is 26.4. The van der Waals surface area contributed by atoms with Gasteiger partial charge in [0.25, 0.3) is 0 Å². The zero-order valence-corrected chi connectivity index (χ0v) is 21.0. The van der Waals surface area contributed by atoms with Gasteiger partial charge in [0.2, 0.25) is 0 Å². The third-order valence-corrected chi connectivity index (χ3v) is 7.12. The fraction of sp³-hybridized carbons (Fsp3) is 0.586. The van der Waals surface area contributed by atoms with E-state index in [0.717, 1.165) is 31.5 Å². The number of benzene rings is 2. The molecule has 2 aromatic rings. The molecule has 1 unspecified atom stereocenters. The molecule has 1 saturated heterocycles. The maximum Gasteiger partial charge on any atom is 0.157 e. The van der Waals surface area contributed by atoms with E-state index in [-0.39, 0.29) is 11.5 Å². The summed E-state index contributed by atoms with van der Waals surface area (Å²) in [6, 6.07) is 13.4. The molecule has 5 nitrogen and oxygen atoms in total. The first-order valence-electron chi connectivity index (χ1n) is 13.3. The summed E-state index contributed by atoms with van der Waals surface area (Å²) in [6.45, 7) is 8.04. The normalized spacial score (nSPS) is 16.5. The maximum atomic E-state index is 9.76. The van der Waals surface area contributed by atoms with Crippen molar-refractivity contribution in [2.24, 2.45) is 0 Å². The van der Waals surface area contributed by atoms with Crippen molar-refractivity contribution < 1.29 is 15.3 Å². The van der Waals surface area contributed by atoms with Gasteiger partial charge in [-0.05, 0) is 107 Å². The molecular formula is C29H44N2O3. The number of phenols is 3. The Balaban J connectivity index is 1.27. The average molecular weight is 469 g/mol. The first-order valence-corrected chi connectivity index (χ1v) is 13.3. The maximum absolute atomic E-state index is 9.76. The van der Waals surface area contributed by atoms with Crippen molar-refractivity contribution in [1.29, 1.82) is 0 Å². The van der Waals surface area contributed by atoms with Crippen molar-refractivity contribution in [1.82, 2.24) is 9.80 Å². The molecule has 5 heteroatoms. The van der Waals surface area contributed by atoms with E-state index in [1.54, 1.807) is 24.3 Å². The molecule has 1 heterocycles. The smallest absolute Gasteiger partial charge is 0.157 e. The monoisotopic (exact) mass is 468 g/mol. The van der Waals surface area contributed by atoms with Crippen LogP contribution in [0, 0.1) is 0 Å². The minimum atomic E-state index is -0.0396. The lowest BCUT2D eigenvalue weighted by molar-refractivity contribution is 0.244. The Morgan fingerprint density at radius 3 is 2.32 bits per heavy atom. The largest absolute Gasteiger partial charge is 0.508 e. The molecule has 34 heavy (non-hydrogen) atoms. The van der Waals surface area contributed by atoms with E-state index in [9.17, 15) is 15.3 Å². The molecule has 1 atom stereocenters. The van der Waals surface area contributed by atoms with E-state index in [2.05, 4.69) is 16.7 Å². The van der Waals surface area contributed by atoms with Crippen LogP contribution in [0.25, 0.3) is 0 Å². The summed E-state index contributed by atoms with van der Waals surface area (Å²) >= 11 is 0. The molecule has 1 fully saturated rings. The molecular weight excluding hydrogens is 424 g/mol. The van der Waals surface area contributed by atoms with Gasteiger partial charge in [0, 0.05) is 12.6 Å². The molecule has 2 aromatic carbocycles. The van der Waals surface area contributed by atoms with E-state index in [1.807, 2.05) is 18.2 Å². The molecule has 0 aliphatic carbocycles. The Morgan fingerprint density at radius 2 is 1.56 bits per heavy atom. The lowest BCUT2D eigenvalue weighted by atomic mass is 10.0. The fourth-order valence-corrected chi connectivity index (χ4v) is 5.17. The Morgan fingerprint density at radius 1 is 0.824 bits per heavy atom. The number of unbranched alkanes of at least 4 members (excludes halogenated alkanes) is 4. The van der Waals surface area contributed by atoms with E-state index in [1.165, 1.54) is 76.6 Å². The van der Waals surface area contributed by atoms with Crippen LogP contribution in [-0.4, -0.2) is 63.9 Å². The van der Waals surface area contributed by atoms with Gasteiger partial charge in [0.1, 0.15) is 5.75 Å². The van der Waals surface area contributed by atoms with Crippen LogP contribution >= 0.6 is 0 Å².